The lowest BCUT2D eigenvalue weighted by Gasteiger charge is -1.99. The number of nitrogens with one attached hydrogen (secondary N) is 1. The van der Waals surface area contributed by atoms with E-state index < -0.39 is 0 Å². The zero-order valence-corrected chi connectivity index (χ0v) is 11.1. The fourth-order valence-electron chi connectivity index (χ4n) is 2.82. The van der Waals surface area contributed by atoms with E-state index in [1.54, 1.807) is 0 Å². The number of para-hydroxylation sites is 1. The molecule has 0 fully saturated rings. The zero-order chi connectivity index (χ0) is 13.7. The summed E-state index contributed by atoms with van der Waals surface area (Å²) >= 11 is 0. The summed E-state index contributed by atoms with van der Waals surface area (Å²) in [6, 6.07) is 14.1. The Morgan fingerprint density at radius 2 is 1.95 bits per heavy atom. The van der Waals surface area contributed by atoms with Crippen molar-refractivity contribution >= 4 is 27.5 Å². The molecule has 2 heterocycles. The zero-order valence-electron chi connectivity index (χ0n) is 11.1. The molecule has 0 aliphatic carbocycles. The van der Waals surface area contributed by atoms with Crippen LogP contribution in [-0.4, -0.2) is 14.8 Å². The van der Waals surface area contributed by atoms with Gasteiger partial charge in [-0.05, 0) is 18.2 Å². The molecule has 3 N–H and O–H groups in total. The lowest BCUT2D eigenvalue weighted by molar-refractivity contribution is 0.969. The normalized spacial score (nSPS) is 11.4. The highest BCUT2D eigenvalue weighted by Crippen LogP contribution is 2.35. The third-order valence-electron chi connectivity index (χ3n) is 3.77. The molecular formula is C16H14N4. The lowest BCUT2D eigenvalue weighted by atomic mass is 10.1. The third-order valence-corrected chi connectivity index (χ3v) is 3.77. The van der Waals surface area contributed by atoms with E-state index in [4.69, 9.17) is 5.73 Å². The van der Waals surface area contributed by atoms with E-state index in [0.717, 1.165) is 27.8 Å². The monoisotopic (exact) mass is 262 g/mol. The Hall–Kier alpha value is -2.75. The van der Waals surface area contributed by atoms with Crippen LogP contribution in [-0.2, 0) is 7.05 Å². The number of hydrogen-bond acceptors (Lipinski definition) is 2. The number of anilines is 1. The molecule has 0 saturated carbocycles. The van der Waals surface area contributed by atoms with Gasteiger partial charge in [0, 0.05) is 35.4 Å². The van der Waals surface area contributed by atoms with Crippen molar-refractivity contribution in [2.45, 2.75) is 0 Å². The second kappa shape index (κ2) is 3.87. The van der Waals surface area contributed by atoms with Crippen LogP contribution in [0.2, 0.25) is 0 Å². The van der Waals surface area contributed by atoms with Gasteiger partial charge in [0.05, 0.1) is 10.9 Å². The molecule has 0 aliphatic rings. The number of fused-ring (bicyclic) bond motifs is 2. The summed E-state index contributed by atoms with van der Waals surface area (Å²) in [5, 5.41) is 9.71. The van der Waals surface area contributed by atoms with E-state index in [0.29, 0.717) is 0 Å². The van der Waals surface area contributed by atoms with Gasteiger partial charge < -0.3 is 10.3 Å². The van der Waals surface area contributed by atoms with E-state index in [1.807, 2.05) is 37.4 Å². The number of aromatic amines is 1. The number of benzene rings is 2. The largest absolute Gasteiger partial charge is 0.398 e. The number of hydrogen-bond donors (Lipinski definition) is 2. The quantitative estimate of drug-likeness (QED) is 0.517. The summed E-state index contributed by atoms with van der Waals surface area (Å²) < 4.78 is 2.12. The molecule has 0 bridgehead atoms. The summed E-state index contributed by atoms with van der Waals surface area (Å²) in [5.41, 5.74) is 11.0. The van der Waals surface area contributed by atoms with Gasteiger partial charge in [-0.3, -0.25) is 5.10 Å². The average Bonchev–Trinajstić information content (AvgIpc) is 3.02. The molecule has 4 rings (SSSR count). The van der Waals surface area contributed by atoms with E-state index >= 15 is 0 Å². The predicted octanol–water partition coefficient (Wildman–Crippen LogP) is 3.30. The Balaban J connectivity index is 2.12. The number of H-pyrrole nitrogens is 1. The summed E-state index contributed by atoms with van der Waals surface area (Å²) in [5.74, 6) is 0. The third kappa shape index (κ3) is 1.39. The number of nitrogens with two attached hydrogens (primary N) is 1. The summed E-state index contributed by atoms with van der Waals surface area (Å²) in [4.78, 5) is 0. The molecule has 20 heavy (non-hydrogen) atoms. The van der Waals surface area contributed by atoms with Crippen LogP contribution in [0.15, 0.2) is 48.7 Å². The molecule has 0 saturated heterocycles. The van der Waals surface area contributed by atoms with Crippen molar-refractivity contribution in [2.75, 3.05) is 5.73 Å². The van der Waals surface area contributed by atoms with Crippen LogP contribution < -0.4 is 5.73 Å². The summed E-state index contributed by atoms with van der Waals surface area (Å²) in [6.45, 7) is 0. The highest BCUT2D eigenvalue weighted by atomic mass is 15.1. The van der Waals surface area contributed by atoms with Crippen molar-refractivity contribution < 1.29 is 0 Å². The molecule has 0 amide bonds. The molecule has 98 valence electrons. The van der Waals surface area contributed by atoms with Crippen molar-refractivity contribution in [1.29, 1.82) is 0 Å². The Bertz CT molecular complexity index is 930. The fourth-order valence-corrected chi connectivity index (χ4v) is 2.82. The van der Waals surface area contributed by atoms with E-state index in [9.17, 15) is 0 Å². The number of aryl methyl sites for hydroxylation is 1. The Morgan fingerprint density at radius 3 is 2.85 bits per heavy atom. The number of nitrogen functional groups attached to an aromatic ring is 1. The summed E-state index contributed by atoms with van der Waals surface area (Å²) in [7, 11) is 2.05. The fraction of sp³-hybridized carbons (Fsp3) is 0.0625. The van der Waals surface area contributed by atoms with Gasteiger partial charge in [-0.1, -0.05) is 24.3 Å². The molecular weight excluding hydrogens is 248 g/mol. The van der Waals surface area contributed by atoms with Crippen LogP contribution in [0.4, 0.5) is 5.69 Å². The van der Waals surface area contributed by atoms with Crippen molar-refractivity contribution in [3.63, 3.8) is 0 Å². The number of rotatable bonds is 1. The maximum atomic E-state index is 6.12. The van der Waals surface area contributed by atoms with Gasteiger partial charge in [-0.25, -0.2) is 0 Å². The van der Waals surface area contributed by atoms with Crippen molar-refractivity contribution in [1.82, 2.24) is 14.8 Å². The van der Waals surface area contributed by atoms with Crippen LogP contribution in [0.1, 0.15) is 0 Å². The highest BCUT2D eigenvalue weighted by molar-refractivity contribution is 6.07. The molecule has 4 aromatic rings. The minimum atomic E-state index is 0.749. The Morgan fingerprint density at radius 1 is 1.10 bits per heavy atom. The van der Waals surface area contributed by atoms with Gasteiger partial charge in [-0.2, -0.15) is 5.10 Å². The molecule has 0 atom stereocenters. The highest BCUT2D eigenvalue weighted by Gasteiger charge is 2.15. The minimum absolute atomic E-state index is 0.749. The molecule has 2 aromatic carbocycles. The molecule has 4 nitrogen and oxygen atoms in total. The first-order valence-electron chi connectivity index (χ1n) is 6.52. The molecule has 0 aliphatic heterocycles. The number of aromatic nitrogens is 3. The first-order chi connectivity index (χ1) is 9.75. The lowest BCUT2D eigenvalue weighted by Crippen LogP contribution is -1.86. The molecule has 2 aromatic heterocycles. The van der Waals surface area contributed by atoms with E-state index in [2.05, 4.69) is 33.1 Å². The smallest absolute Gasteiger partial charge is 0.104 e. The van der Waals surface area contributed by atoms with Crippen LogP contribution in [0, 0.1) is 0 Å². The van der Waals surface area contributed by atoms with Crippen molar-refractivity contribution in [2.24, 2.45) is 7.05 Å². The van der Waals surface area contributed by atoms with Gasteiger partial charge in [0.15, 0.2) is 0 Å². The minimum Gasteiger partial charge on any atom is -0.398 e. The Kier molecular flexibility index (Phi) is 2.15. The van der Waals surface area contributed by atoms with Crippen LogP contribution in [0.25, 0.3) is 33.1 Å². The SMILES string of the molecule is Cn1cc(-c2n[nH]c3cccc(N)c23)c2ccccc21. The number of nitrogens with zero attached hydrogens (tertiary/aromatic N) is 2. The standard InChI is InChI=1S/C16H14N4/c1-20-9-11(10-5-2-3-8-14(10)20)16-15-12(17)6-4-7-13(15)18-19-16/h2-9H,17H2,1H3,(H,18,19). The van der Waals surface area contributed by atoms with Crippen LogP contribution in [0.5, 0.6) is 0 Å². The molecule has 0 radical (unpaired) electrons. The van der Waals surface area contributed by atoms with Crippen molar-refractivity contribution in [3.05, 3.63) is 48.7 Å². The predicted molar refractivity (Wildman–Crippen MR) is 82.4 cm³/mol. The first-order valence-corrected chi connectivity index (χ1v) is 6.52. The van der Waals surface area contributed by atoms with E-state index in [-0.39, 0.29) is 0 Å². The average molecular weight is 262 g/mol. The maximum absolute atomic E-state index is 6.12. The second-order valence-corrected chi connectivity index (χ2v) is 5.01. The molecule has 4 heteroatoms. The maximum Gasteiger partial charge on any atom is 0.104 e. The van der Waals surface area contributed by atoms with Crippen LogP contribution >= 0.6 is 0 Å². The van der Waals surface area contributed by atoms with Gasteiger partial charge in [0.1, 0.15) is 5.69 Å². The second-order valence-electron chi connectivity index (χ2n) is 5.01. The molecule has 0 spiro atoms. The summed E-state index contributed by atoms with van der Waals surface area (Å²) in [6.07, 6.45) is 2.10. The van der Waals surface area contributed by atoms with E-state index in [1.165, 1.54) is 10.9 Å². The molecule has 0 unspecified atom stereocenters. The van der Waals surface area contributed by atoms with Gasteiger partial charge in [-0.15, -0.1) is 0 Å². The van der Waals surface area contributed by atoms with Crippen LogP contribution in [0.3, 0.4) is 0 Å². The van der Waals surface area contributed by atoms with Gasteiger partial charge in [0.2, 0.25) is 0 Å². The topological polar surface area (TPSA) is 59.6 Å². The van der Waals surface area contributed by atoms with Crippen molar-refractivity contribution in [3.8, 4) is 11.3 Å². The Labute approximate surface area is 115 Å². The van der Waals surface area contributed by atoms with Gasteiger partial charge in [0.25, 0.3) is 0 Å². The first kappa shape index (κ1) is 11.1. The van der Waals surface area contributed by atoms with Gasteiger partial charge >= 0.3 is 0 Å².